The number of hydrazone groups is 1. The van der Waals surface area contributed by atoms with E-state index in [2.05, 4.69) is 10.5 Å². The third-order valence-corrected chi connectivity index (χ3v) is 5.65. The first kappa shape index (κ1) is 19.3. The number of aromatic nitrogens is 1. The van der Waals surface area contributed by atoms with Gasteiger partial charge in [-0.15, -0.1) is 11.3 Å². The van der Waals surface area contributed by atoms with Crippen molar-refractivity contribution in [1.29, 1.82) is 0 Å². The normalized spacial score (nSPS) is 11.6. The average Bonchev–Trinajstić information content (AvgIpc) is 3.28. The highest BCUT2D eigenvalue weighted by atomic mass is 35.5. The third-order valence-electron chi connectivity index (χ3n) is 4.52. The standard InChI is InChI=1S/C23H18ClN3OS/c1-2-19(15-7-5-8-16(24)13-15)26-27-23(28)18-14-21(22-11-6-12-29-22)25-20-10-4-3-9-17(18)20/h3-14H,2H2,1H3,(H,27,28). The van der Waals surface area contributed by atoms with Gasteiger partial charge in [-0.3, -0.25) is 4.79 Å². The quantitative estimate of drug-likeness (QED) is 0.311. The number of halogens is 1. The smallest absolute Gasteiger partial charge is 0.267 e. The fraction of sp³-hybridized carbons (Fsp3) is 0.0870. The highest BCUT2D eigenvalue weighted by molar-refractivity contribution is 7.13. The van der Waals surface area contributed by atoms with E-state index in [9.17, 15) is 4.79 Å². The number of thiophene rings is 1. The molecule has 0 radical (unpaired) electrons. The summed E-state index contributed by atoms with van der Waals surface area (Å²) in [7, 11) is 0. The Labute approximate surface area is 177 Å². The molecule has 4 rings (SSSR count). The fourth-order valence-electron chi connectivity index (χ4n) is 3.11. The molecule has 0 unspecified atom stereocenters. The summed E-state index contributed by atoms with van der Waals surface area (Å²) in [5.74, 6) is -0.269. The molecule has 1 amide bonds. The van der Waals surface area contributed by atoms with Crippen LogP contribution in [0.1, 0.15) is 29.3 Å². The molecule has 4 aromatic rings. The minimum Gasteiger partial charge on any atom is -0.267 e. The van der Waals surface area contributed by atoms with E-state index >= 15 is 0 Å². The summed E-state index contributed by atoms with van der Waals surface area (Å²) in [4.78, 5) is 18.8. The number of nitrogens with one attached hydrogen (secondary N) is 1. The highest BCUT2D eigenvalue weighted by Gasteiger charge is 2.14. The second-order valence-electron chi connectivity index (χ2n) is 6.41. The molecule has 0 bridgehead atoms. The molecule has 2 aromatic heterocycles. The lowest BCUT2D eigenvalue weighted by Gasteiger charge is -2.09. The Kier molecular flexibility index (Phi) is 5.69. The van der Waals surface area contributed by atoms with Crippen molar-refractivity contribution in [3.63, 3.8) is 0 Å². The van der Waals surface area contributed by atoms with Gasteiger partial charge in [0, 0.05) is 10.4 Å². The van der Waals surface area contributed by atoms with Gasteiger partial charge in [0.1, 0.15) is 0 Å². The maximum Gasteiger partial charge on any atom is 0.272 e. The van der Waals surface area contributed by atoms with Crippen LogP contribution in [-0.4, -0.2) is 16.6 Å². The molecule has 0 aliphatic carbocycles. The van der Waals surface area contributed by atoms with Gasteiger partial charge in [0.25, 0.3) is 5.91 Å². The molecule has 1 N–H and O–H groups in total. The van der Waals surface area contributed by atoms with Crippen LogP contribution in [0.5, 0.6) is 0 Å². The van der Waals surface area contributed by atoms with Crippen molar-refractivity contribution in [2.24, 2.45) is 5.10 Å². The van der Waals surface area contributed by atoms with Crippen molar-refractivity contribution in [3.05, 3.63) is 88.3 Å². The van der Waals surface area contributed by atoms with Gasteiger partial charge in [0.15, 0.2) is 0 Å². The number of benzene rings is 2. The van der Waals surface area contributed by atoms with Crippen LogP contribution in [0.2, 0.25) is 5.02 Å². The van der Waals surface area contributed by atoms with Crippen LogP contribution < -0.4 is 5.43 Å². The first-order chi connectivity index (χ1) is 14.2. The van der Waals surface area contributed by atoms with Gasteiger partial charge in [0.05, 0.1) is 27.4 Å². The number of pyridine rings is 1. The summed E-state index contributed by atoms with van der Waals surface area (Å²) in [6.07, 6.45) is 0.665. The van der Waals surface area contributed by atoms with E-state index in [0.29, 0.717) is 17.0 Å². The lowest BCUT2D eigenvalue weighted by atomic mass is 10.1. The van der Waals surface area contributed by atoms with E-state index in [-0.39, 0.29) is 5.91 Å². The number of hydrogen-bond acceptors (Lipinski definition) is 4. The van der Waals surface area contributed by atoms with Crippen LogP contribution in [0.4, 0.5) is 0 Å². The predicted molar refractivity (Wildman–Crippen MR) is 121 cm³/mol. The molecule has 0 saturated heterocycles. The molecule has 29 heavy (non-hydrogen) atoms. The molecule has 0 spiro atoms. The van der Waals surface area contributed by atoms with Crippen molar-refractivity contribution in [1.82, 2.24) is 10.4 Å². The molecule has 4 nitrogen and oxygen atoms in total. The van der Waals surface area contributed by atoms with Gasteiger partial charge in [-0.2, -0.15) is 5.10 Å². The second kappa shape index (κ2) is 8.55. The van der Waals surface area contributed by atoms with Crippen LogP contribution in [-0.2, 0) is 0 Å². The minimum atomic E-state index is -0.269. The molecule has 6 heteroatoms. The number of hydrogen-bond donors (Lipinski definition) is 1. The summed E-state index contributed by atoms with van der Waals surface area (Å²) in [6.45, 7) is 1.99. The first-order valence-corrected chi connectivity index (χ1v) is 10.5. The minimum absolute atomic E-state index is 0.269. The molecule has 0 aliphatic rings. The van der Waals surface area contributed by atoms with Gasteiger partial charge in [0.2, 0.25) is 0 Å². The zero-order valence-electron chi connectivity index (χ0n) is 15.7. The first-order valence-electron chi connectivity index (χ1n) is 9.22. The molecule has 0 fully saturated rings. The van der Waals surface area contributed by atoms with Crippen LogP contribution in [0.15, 0.2) is 77.2 Å². The second-order valence-corrected chi connectivity index (χ2v) is 7.80. The summed E-state index contributed by atoms with van der Waals surface area (Å²) in [6, 6.07) is 20.9. The Balaban J connectivity index is 1.71. The van der Waals surface area contributed by atoms with Crippen molar-refractivity contribution in [2.75, 3.05) is 0 Å². The summed E-state index contributed by atoms with van der Waals surface area (Å²) >= 11 is 7.68. The van der Waals surface area contributed by atoms with Crippen LogP contribution in [0.3, 0.4) is 0 Å². The summed E-state index contributed by atoms with van der Waals surface area (Å²) in [5, 5.41) is 7.79. The van der Waals surface area contributed by atoms with E-state index in [1.807, 2.05) is 79.0 Å². The third kappa shape index (κ3) is 4.21. The van der Waals surface area contributed by atoms with E-state index in [0.717, 1.165) is 32.7 Å². The summed E-state index contributed by atoms with van der Waals surface area (Å²) in [5.41, 5.74) is 6.46. The number of carbonyl (C=O) groups excluding carboxylic acids is 1. The van der Waals surface area contributed by atoms with Crippen molar-refractivity contribution in [2.45, 2.75) is 13.3 Å². The zero-order valence-corrected chi connectivity index (χ0v) is 17.3. The largest absolute Gasteiger partial charge is 0.272 e. The molecule has 2 aromatic carbocycles. The van der Waals surface area contributed by atoms with E-state index in [4.69, 9.17) is 16.6 Å². The van der Waals surface area contributed by atoms with E-state index < -0.39 is 0 Å². The molecule has 144 valence electrons. The number of nitrogens with zero attached hydrogens (tertiary/aromatic N) is 2. The Morgan fingerprint density at radius 2 is 1.97 bits per heavy atom. The number of fused-ring (bicyclic) bond motifs is 1. The van der Waals surface area contributed by atoms with E-state index in [1.54, 1.807) is 11.3 Å². The lowest BCUT2D eigenvalue weighted by molar-refractivity contribution is 0.0956. The molecular weight excluding hydrogens is 402 g/mol. The topological polar surface area (TPSA) is 54.4 Å². The van der Waals surface area contributed by atoms with E-state index in [1.165, 1.54) is 0 Å². The fourth-order valence-corrected chi connectivity index (χ4v) is 3.98. The maximum atomic E-state index is 13.0. The lowest BCUT2D eigenvalue weighted by Crippen LogP contribution is -2.20. The van der Waals surface area contributed by atoms with Gasteiger partial charge in [-0.05, 0) is 47.7 Å². The Morgan fingerprint density at radius 3 is 2.72 bits per heavy atom. The van der Waals surface area contributed by atoms with Crippen LogP contribution >= 0.6 is 22.9 Å². The van der Waals surface area contributed by atoms with Crippen molar-refractivity contribution >= 4 is 45.5 Å². The number of carbonyl (C=O) groups is 1. The van der Waals surface area contributed by atoms with Gasteiger partial charge >= 0.3 is 0 Å². The average molecular weight is 420 g/mol. The number of para-hydroxylation sites is 1. The van der Waals surface area contributed by atoms with Gasteiger partial charge in [-0.1, -0.05) is 54.9 Å². The maximum absolute atomic E-state index is 13.0. The van der Waals surface area contributed by atoms with Crippen LogP contribution in [0.25, 0.3) is 21.5 Å². The monoisotopic (exact) mass is 419 g/mol. The Morgan fingerprint density at radius 1 is 1.10 bits per heavy atom. The molecule has 0 atom stereocenters. The molecular formula is C23H18ClN3OS. The molecule has 2 heterocycles. The van der Waals surface area contributed by atoms with Gasteiger partial charge in [-0.25, -0.2) is 10.4 Å². The van der Waals surface area contributed by atoms with Crippen molar-refractivity contribution < 1.29 is 4.79 Å². The van der Waals surface area contributed by atoms with Crippen LogP contribution in [0, 0.1) is 0 Å². The number of amides is 1. The van der Waals surface area contributed by atoms with Gasteiger partial charge < -0.3 is 0 Å². The predicted octanol–water partition coefficient (Wildman–Crippen LogP) is 6.16. The SMILES string of the molecule is CCC(=NNC(=O)c1cc(-c2cccs2)nc2ccccc12)c1cccc(Cl)c1. The highest BCUT2D eigenvalue weighted by Crippen LogP contribution is 2.27. The number of rotatable bonds is 5. The Hall–Kier alpha value is -3.02. The van der Waals surface area contributed by atoms with Crippen molar-refractivity contribution in [3.8, 4) is 10.6 Å². The molecule has 0 aliphatic heterocycles. The Bertz CT molecular complexity index is 1200. The molecule has 0 saturated carbocycles. The zero-order chi connectivity index (χ0) is 20.2. The summed E-state index contributed by atoms with van der Waals surface area (Å²) < 4.78 is 0.